The van der Waals surface area contributed by atoms with Gasteiger partial charge in [0.05, 0.1) is 24.2 Å². The highest BCUT2D eigenvalue weighted by Crippen LogP contribution is 2.35. The molecule has 1 atom stereocenters. The van der Waals surface area contributed by atoms with E-state index in [2.05, 4.69) is 26.0 Å². The summed E-state index contributed by atoms with van der Waals surface area (Å²) in [6.07, 6.45) is 0.236. The number of benzene rings is 3. The summed E-state index contributed by atoms with van der Waals surface area (Å²) < 4.78 is 18.9. The fourth-order valence-corrected chi connectivity index (χ4v) is 4.25. The molecule has 0 fully saturated rings. The number of hydrogen-bond donors (Lipinski definition) is 1. The van der Waals surface area contributed by atoms with Crippen molar-refractivity contribution in [2.45, 2.75) is 13.0 Å². The van der Waals surface area contributed by atoms with Crippen molar-refractivity contribution in [3.63, 3.8) is 0 Å². The zero-order chi connectivity index (χ0) is 26.1. The Morgan fingerprint density at radius 1 is 1.16 bits per heavy atom. The first-order valence-electron chi connectivity index (χ1n) is 11.2. The number of carboxylic acid groups (broad SMARTS) is 1. The van der Waals surface area contributed by atoms with Crippen molar-refractivity contribution in [3.05, 3.63) is 87.1 Å². The number of ether oxygens (including phenoxy) is 2. The standard InChI is InChI=1S/C27H20BrN3O6/c1-15(27(33)34)36-24-17(11-18(28)13-22(24)35-2)14-29-31-25(23-12-16-7-3-6-10-21(16)37-23)30-20-9-5-4-8-19(20)26(31)32/h3-15H,1-2H3,(H,33,34)/t15-/m1/s1. The van der Waals surface area contributed by atoms with Crippen LogP contribution in [0.4, 0.5) is 0 Å². The van der Waals surface area contributed by atoms with Crippen LogP contribution in [-0.2, 0) is 4.79 Å². The van der Waals surface area contributed by atoms with E-state index in [1.807, 2.05) is 24.3 Å². The van der Waals surface area contributed by atoms with E-state index in [9.17, 15) is 14.7 Å². The third-order valence-corrected chi connectivity index (χ3v) is 6.08. The van der Waals surface area contributed by atoms with E-state index in [0.29, 0.717) is 38.0 Å². The Kier molecular flexibility index (Phi) is 6.49. The predicted molar refractivity (Wildman–Crippen MR) is 143 cm³/mol. The Labute approximate surface area is 218 Å². The summed E-state index contributed by atoms with van der Waals surface area (Å²) >= 11 is 3.42. The number of halogens is 1. The molecule has 0 saturated heterocycles. The van der Waals surface area contributed by atoms with Gasteiger partial charge in [-0.1, -0.05) is 46.3 Å². The van der Waals surface area contributed by atoms with Gasteiger partial charge in [0.2, 0.25) is 5.82 Å². The summed E-state index contributed by atoms with van der Waals surface area (Å²) in [6, 6.07) is 19.5. The maximum Gasteiger partial charge on any atom is 0.344 e. The fourth-order valence-electron chi connectivity index (χ4n) is 3.79. The molecular formula is C27H20BrN3O6. The lowest BCUT2D eigenvalue weighted by Gasteiger charge is -2.16. The molecule has 1 N–H and O–H groups in total. The molecule has 0 aliphatic rings. The first-order valence-corrected chi connectivity index (χ1v) is 12.0. The Morgan fingerprint density at radius 3 is 2.68 bits per heavy atom. The van der Waals surface area contributed by atoms with E-state index in [0.717, 1.165) is 10.1 Å². The number of carboxylic acids is 1. The Balaban J connectivity index is 1.71. The molecule has 0 unspecified atom stereocenters. The Morgan fingerprint density at radius 2 is 1.92 bits per heavy atom. The zero-order valence-electron chi connectivity index (χ0n) is 19.7. The van der Waals surface area contributed by atoms with Crippen LogP contribution >= 0.6 is 15.9 Å². The highest BCUT2D eigenvalue weighted by atomic mass is 79.9. The molecule has 5 aromatic rings. The van der Waals surface area contributed by atoms with E-state index in [4.69, 9.17) is 13.9 Å². The van der Waals surface area contributed by atoms with Crippen molar-refractivity contribution in [2.24, 2.45) is 5.10 Å². The minimum Gasteiger partial charge on any atom is -0.493 e. The van der Waals surface area contributed by atoms with Crippen LogP contribution in [0.2, 0.25) is 0 Å². The number of fused-ring (bicyclic) bond motifs is 2. The molecule has 0 amide bonds. The minimum absolute atomic E-state index is 0.163. The number of carbonyl (C=O) groups is 1. The number of aliphatic carboxylic acids is 1. The second-order valence-corrected chi connectivity index (χ2v) is 9.00. The van der Waals surface area contributed by atoms with Gasteiger partial charge in [-0.15, -0.1) is 0 Å². The van der Waals surface area contributed by atoms with Crippen LogP contribution in [-0.4, -0.2) is 40.2 Å². The third kappa shape index (κ3) is 4.70. The number of methoxy groups -OCH3 is 1. The number of para-hydroxylation sites is 2. The maximum absolute atomic E-state index is 13.5. The lowest BCUT2D eigenvalue weighted by Crippen LogP contribution is -2.24. The van der Waals surface area contributed by atoms with Crippen molar-refractivity contribution in [3.8, 4) is 23.1 Å². The summed E-state index contributed by atoms with van der Waals surface area (Å²) in [6.45, 7) is 1.40. The van der Waals surface area contributed by atoms with Gasteiger partial charge in [-0.05, 0) is 43.3 Å². The molecule has 5 rings (SSSR count). The molecule has 2 aromatic heterocycles. The molecule has 0 saturated carbocycles. The first-order chi connectivity index (χ1) is 17.9. The molecule has 0 bridgehead atoms. The molecular weight excluding hydrogens is 542 g/mol. The van der Waals surface area contributed by atoms with Crippen molar-refractivity contribution < 1.29 is 23.8 Å². The van der Waals surface area contributed by atoms with Crippen molar-refractivity contribution in [1.29, 1.82) is 0 Å². The largest absolute Gasteiger partial charge is 0.493 e. The molecule has 0 aliphatic heterocycles. The van der Waals surface area contributed by atoms with E-state index < -0.39 is 17.6 Å². The summed E-state index contributed by atoms with van der Waals surface area (Å²) in [5.41, 5.74) is 1.12. The third-order valence-electron chi connectivity index (χ3n) is 5.62. The molecule has 0 aliphatic carbocycles. The molecule has 2 heterocycles. The van der Waals surface area contributed by atoms with E-state index >= 15 is 0 Å². The van der Waals surface area contributed by atoms with Gasteiger partial charge in [0.15, 0.2) is 23.4 Å². The fraction of sp³-hybridized carbons (Fsp3) is 0.111. The second kappa shape index (κ2) is 9.90. The number of furan rings is 1. The van der Waals surface area contributed by atoms with Crippen LogP contribution in [0.3, 0.4) is 0 Å². The minimum atomic E-state index is -1.15. The van der Waals surface area contributed by atoms with Gasteiger partial charge in [-0.25, -0.2) is 9.78 Å². The van der Waals surface area contributed by atoms with Gasteiger partial charge in [0.25, 0.3) is 5.56 Å². The smallest absolute Gasteiger partial charge is 0.344 e. The van der Waals surface area contributed by atoms with E-state index in [-0.39, 0.29) is 11.6 Å². The van der Waals surface area contributed by atoms with Gasteiger partial charge in [-0.2, -0.15) is 9.78 Å². The topological polar surface area (TPSA) is 116 Å². The SMILES string of the molecule is COc1cc(Br)cc(C=Nn2c(-c3cc4ccccc4o3)nc3ccccc3c2=O)c1O[C@H](C)C(=O)O. The summed E-state index contributed by atoms with van der Waals surface area (Å²) in [7, 11) is 1.44. The van der Waals surface area contributed by atoms with Crippen LogP contribution < -0.4 is 15.0 Å². The van der Waals surface area contributed by atoms with E-state index in [1.54, 1.807) is 42.5 Å². The van der Waals surface area contributed by atoms with Crippen LogP contribution in [0.5, 0.6) is 11.5 Å². The molecule has 10 heteroatoms. The molecule has 0 spiro atoms. The number of nitrogens with zero attached hydrogens (tertiary/aromatic N) is 3. The second-order valence-electron chi connectivity index (χ2n) is 8.09. The van der Waals surface area contributed by atoms with Crippen LogP contribution in [0.1, 0.15) is 12.5 Å². The normalized spacial score (nSPS) is 12.3. The number of rotatable bonds is 7. The average molecular weight is 562 g/mol. The summed E-state index contributed by atoms with van der Waals surface area (Å²) in [5.74, 6) is -0.111. The van der Waals surface area contributed by atoms with Crippen LogP contribution in [0.15, 0.2) is 85.5 Å². The van der Waals surface area contributed by atoms with Gasteiger partial charge in [0, 0.05) is 15.4 Å². The monoisotopic (exact) mass is 561 g/mol. The van der Waals surface area contributed by atoms with Gasteiger partial charge >= 0.3 is 5.97 Å². The Bertz CT molecular complexity index is 1710. The van der Waals surface area contributed by atoms with Crippen LogP contribution in [0.25, 0.3) is 33.5 Å². The maximum atomic E-state index is 13.5. The molecule has 186 valence electrons. The van der Waals surface area contributed by atoms with Crippen LogP contribution in [0, 0.1) is 0 Å². The number of aromatic nitrogens is 2. The quantitative estimate of drug-likeness (QED) is 0.267. The summed E-state index contributed by atoms with van der Waals surface area (Å²) in [5, 5.41) is 15.0. The lowest BCUT2D eigenvalue weighted by molar-refractivity contribution is -0.144. The average Bonchev–Trinajstić information content (AvgIpc) is 3.33. The molecule has 37 heavy (non-hydrogen) atoms. The molecule has 0 radical (unpaired) electrons. The van der Waals surface area contributed by atoms with Crippen molar-refractivity contribution in [1.82, 2.24) is 9.66 Å². The van der Waals surface area contributed by atoms with Gasteiger partial charge < -0.3 is 19.0 Å². The lowest BCUT2D eigenvalue weighted by atomic mass is 10.2. The van der Waals surface area contributed by atoms with Gasteiger partial charge in [0.1, 0.15) is 5.58 Å². The van der Waals surface area contributed by atoms with E-state index in [1.165, 1.54) is 20.2 Å². The summed E-state index contributed by atoms with van der Waals surface area (Å²) in [4.78, 5) is 29.6. The predicted octanol–water partition coefficient (Wildman–Crippen LogP) is 5.31. The number of hydrogen-bond acceptors (Lipinski definition) is 7. The molecule has 3 aromatic carbocycles. The van der Waals surface area contributed by atoms with Crippen molar-refractivity contribution >= 4 is 50.0 Å². The Hall–Kier alpha value is -4.44. The molecule has 9 nitrogen and oxygen atoms in total. The first kappa shape index (κ1) is 24.3. The zero-order valence-corrected chi connectivity index (χ0v) is 21.3. The highest BCUT2D eigenvalue weighted by molar-refractivity contribution is 9.10. The van der Waals surface area contributed by atoms with Crippen molar-refractivity contribution in [2.75, 3.05) is 7.11 Å². The highest BCUT2D eigenvalue weighted by Gasteiger charge is 2.20. The van der Waals surface area contributed by atoms with Gasteiger partial charge in [-0.3, -0.25) is 4.79 Å².